The zero-order valence-corrected chi connectivity index (χ0v) is 12.1. The highest BCUT2D eigenvalue weighted by molar-refractivity contribution is 4.97. The van der Waals surface area contributed by atoms with E-state index >= 15 is 0 Å². The second-order valence-corrected chi connectivity index (χ2v) is 6.55. The fourth-order valence-corrected chi connectivity index (χ4v) is 4.24. The average molecular weight is 251 g/mol. The van der Waals surface area contributed by atoms with Gasteiger partial charge in [0.25, 0.3) is 0 Å². The third-order valence-electron chi connectivity index (χ3n) is 5.68. The van der Waals surface area contributed by atoms with Crippen LogP contribution in [-0.2, 0) is 0 Å². The molecule has 1 aliphatic carbocycles. The molecule has 0 aromatic heterocycles. The molecule has 4 unspecified atom stereocenters. The van der Waals surface area contributed by atoms with E-state index < -0.39 is 0 Å². The summed E-state index contributed by atoms with van der Waals surface area (Å²) in [6.45, 7) is 7.25. The summed E-state index contributed by atoms with van der Waals surface area (Å²) < 4.78 is 0. The molecule has 0 aromatic rings. The summed E-state index contributed by atoms with van der Waals surface area (Å²) in [6, 6.07) is 2.61. The highest BCUT2D eigenvalue weighted by atomic mass is 15.3. The normalized spacial score (nSPS) is 41.7. The first-order valence-electron chi connectivity index (χ1n) is 7.96. The van der Waals surface area contributed by atoms with Gasteiger partial charge in [0, 0.05) is 24.7 Å². The summed E-state index contributed by atoms with van der Waals surface area (Å²) in [5.74, 6) is 0.923. The number of likely N-dealkylation sites (N-methyl/N-ethyl adjacent to an activating group) is 1. The molecule has 0 amide bonds. The molecule has 2 heterocycles. The number of hydrogen-bond acceptors (Lipinski definition) is 3. The van der Waals surface area contributed by atoms with Gasteiger partial charge in [-0.3, -0.25) is 9.80 Å². The van der Waals surface area contributed by atoms with Gasteiger partial charge in [-0.15, -0.1) is 0 Å². The monoisotopic (exact) mass is 251 g/mol. The van der Waals surface area contributed by atoms with Crippen molar-refractivity contribution in [2.24, 2.45) is 5.92 Å². The van der Waals surface area contributed by atoms with Crippen LogP contribution in [0.2, 0.25) is 0 Å². The molecule has 0 radical (unpaired) electrons. The third-order valence-corrected chi connectivity index (χ3v) is 5.68. The van der Waals surface area contributed by atoms with E-state index in [1.165, 1.54) is 51.7 Å². The molecule has 0 spiro atoms. The minimum absolute atomic E-state index is 0.845. The molecule has 4 atom stereocenters. The van der Waals surface area contributed by atoms with Gasteiger partial charge >= 0.3 is 0 Å². The minimum Gasteiger partial charge on any atom is -0.317 e. The van der Waals surface area contributed by atoms with Crippen molar-refractivity contribution < 1.29 is 0 Å². The van der Waals surface area contributed by atoms with E-state index in [4.69, 9.17) is 0 Å². The van der Waals surface area contributed by atoms with Gasteiger partial charge in [-0.05, 0) is 64.7 Å². The molecule has 3 nitrogen and oxygen atoms in total. The molecule has 2 bridgehead atoms. The maximum absolute atomic E-state index is 3.54. The first-order chi connectivity index (χ1) is 8.79. The zero-order valence-electron chi connectivity index (χ0n) is 12.1. The zero-order chi connectivity index (χ0) is 12.5. The number of rotatable bonds is 4. The van der Waals surface area contributed by atoms with Crippen LogP contribution in [0.5, 0.6) is 0 Å². The first kappa shape index (κ1) is 12.9. The van der Waals surface area contributed by atoms with Crippen LogP contribution in [0.15, 0.2) is 0 Å². The maximum atomic E-state index is 3.54. The molecule has 18 heavy (non-hydrogen) atoms. The summed E-state index contributed by atoms with van der Waals surface area (Å²) in [4.78, 5) is 5.49. The molecule has 3 rings (SSSR count). The van der Waals surface area contributed by atoms with E-state index in [0.29, 0.717) is 0 Å². The molecule has 3 heteroatoms. The van der Waals surface area contributed by atoms with Crippen molar-refractivity contribution in [3.8, 4) is 0 Å². The van der Waals surface area contributed by atoms with Gasteiger partial charge in [-0.2, -0.15) is 0 Å². The van der Waals surface area contributed by atoms with Crippen molar-refractivity contribution in [3.63, 3.8) is 0 Å². The summed E-state index contributed by atoms with van der Waals surface area (Å²) in [6.07, 6.45) is 7.16. The lowest BCUT2D eigenvalue weighted by molar-refractivity contribution is 0.0548. The highest BCUT2D eigenvalue weighted by Crippen LogP contribution is 2.36. The Balaban J connectivity index is 1.57. The number of nitrogens with one attached hydrogen (secondary N) is 1. The topological polar surface area (TPSA) is 18.5 Å². The summed E-state index contributed by atoms with van der Waals surface area (Å²) in [7, 11) is 2.35. The molecule has 2 aliphatic heterocycles. The van der Waals surface area contributed by atoms with Crippen LogP contribution in [0.3, 0.4) is 0 Å². The second kappa shape index (κ2) is 5.48. The lowest BCUT2D eigenvalue weighted by Gasteiger charge is -2.45. The number of nitrogens with zero attached hydrogens (tertiary/aromatic N) is 2. The molecule has 0 aromatic carbocycles. The Bertz CT molecular complexity index is 281. The Morgan fingerprint density at radius 3 is 2.61 bits per heavy atom. The lowest BCUT2D eigenvalue weighted by Crippen LogP contribution is -2.52. The number of likely N-dealkylation sites (tertiary alicyclic amines) is 1. The highest BCUT2D eigenvalue weighted by Gasteiger charge is 2.41. The third kappa shape index (κ3) is 2.33. The largest absolute Gasteiger partial charge is 0.317 e. The van der Waals surface area contributed by atoms with Crippen molar-refractivity contribution in [3.05, 3.63) is 0 Å². The number of fused-ring (bicyclic) bond motifs is 2. The maximum Gasteiger partial charge on any atom is 0.0223 e. The first-order valence-corrected chi connectivity index (χ1v) is 7.96. The van der Waals surface area contributed by atoms with Gasteiger partial charge in [0.05, 0.1) is 0 Å². The summed E-state index contributed by atoms with van der Waals surface area (Å²) in [5, 5.41) is 3.54. The van der Waals surface area contributed by atoms with Crippen molar-refractivity contribution in [2.45, 2.75) is 57.2 Å². The summed E-state index contributed by atoms with van der Waals surface area (Å²) >= 11 is 0. The van der Waals surface area contributed by atoms with E-state index in [1.807, 2.05) is 0 Å². The van der Waals surface area contributed by atoms with Gasteiger partial charge in [-0.1, -0.05) is 6.92 Å². The SMILES string of the molecule is CCNCC1CCC1N1CCC2CCC(C1)N2C. The quantitative estimate of drug-likeness (QED) is 0.818. The molecular weight excluding hydrogens is 222 g/mol. The van der Waals surface area contributed by atoms with Gasteiger partial charge < -0.3 is 5.32 Å². The van der Waals surface area contributed by atoms with Crippen molar-refractivity contribution in [1.29, 1.82) is 0 Å². The fourth-order valence-electron chi connectivity index (χ4n) is 4.24. The Kier molecular flexibility index (Phi) is 3.92. The minimum atomic E-state index is 0.845. The predicted molar refractivity (Wildman–Crippen MR) is 75.8 cm³/mol. The molecule has 3 aliphatic rings. The van der Waals surface area contributed by atoms with Crippen LogP contribution in [0.4, 0.5) is 0 Å². The Morgan fingerprint density at radius 1 is 1.06 bits per heavy atom. The summed E-state index contributed by atoms with van der Waals surface area (Å²) in [5.41, 5.74) is 0. The standard InChI is InChI=1S/C15H29N3/c1-3-16-10-12-4-7-15(12)18-9-8-13-5-6-14(11-18)17(13)2/h12-16H,3-11H2,1-2H3. The van der Waals surface area contributed by atoms with Crippen LogP contribution in [-0.4, -0.2) is 61.2 Å². The molecule has 104 valence electrons. The van der Waals surface area contributed by atoms with Gasteiger partial charge in [0.1, 0.15) is 0 Å². The van der Waals surface area contributed by atoms with Crippen molar-refractivity contribution >= 4 is 0 Å². The number of hydrogen-bond donors (Lipinski definition) is 1. The van der Waals surface area contributed by atoms with E-state index in [1.54, 1.807) is 0 Å². The molecule has 3 fully saturated rings. The molecule has 1 N–H and O–H groups in total. The average Bonchev–Trinajstić information content (AvgIpc) is 2.56. The van der Waals surface area contributed by atoms with Gasteiger partial charge in [0.2, 0.25) is 0 Å². The van der Waals surface area contributed by atoms with E-state index in [0.717, 1.165) is 30.6 Å². The van der Waals surface area contributed by atoms with Crippen molar-refractivity contribution in [1.82, 2.24) is 15.1 Å². The van der Waals surface area contributed by atoms with Crippen LogP contribution < -0.4 is 5.32 Å². The van der Waals surface area contributed by atoms with E-state index in [-0.39, 0.29) is 0 Å². The van der Waals surface area contributed by atoms with Crippen LogP contribution in [0.1, 0.15) is 39.0 Å². The predicted octanol–water partition coefficient (Wildman–Crippen LogP) is 1.54. The molecule has 1 saturated carbocycles. The Labute approximate surface area is 112 Å². The second-order valence-electron chi connectivity index (χ2n) is 6.55. The Morgan fingerprint density at radius 2 is 1.89 bits per heavy atom. The van der Waals surface area contributed by atoms with Crippen LogP contribution >= 0.6 is 0 Å². The fraction of sp³-hybridized carbons (Fsp3) is 1.00. The molecular formula is C15H29N3. The van der Waals surface area contributed by atoms with Gasteiger partial charge in [-0.25, -0.2) is 0 Å². The Hall–Kier alpha value is -0.120. The van der Waals surface area contributed by atoms with E-state index in [9.17, 15) is 0 Å². The van der Waals surface area contributed by atoms with Crippen LogP contribution in [0, 0.1) is 5.92 Å². The van der Waals surface area contributed by atoms with Crippen LogP contribution in [0.25, 0.3) is 0 Å². The lowest BCUT2D eigenvalue weighted by atomic mass is 9.78. The van der Waals surface area contributed by atoms with Gasteiger partial charge in [0.15, 0.2) is 0 Å². The van der Waals surface area contributed by atoms with E-state index in [2.05, 4.69) is 29.1 Å². The molecule has 2 saturated heterocycles. The van der Waals surface area contributed by atoms with Crippen molar-refractivity contribution in [2.75, 3.05) is 33.2 Å². The smallest absolute Gasteiger partial charge is 0.0223 e.